The lowest BCUT2D eigenvalue weighted by atomic mass is 10.2. The molecule has 0 aliphatic heterocycles. The van der Waals surface area contributed by atoms with E-state index in [4.69, 9.17) is 9.84 Å². The zero-order valence-corrected chi connectivity index (χ0v) is 10.3. The Kier molecular flexibility index (Phi) is 5.19. The maximum absolute atomic E-state index is 10.6. The van der Waals surface area contributed by atoms with Crippen LogP contribution in [0.1, 0.15) is 12.5 Å². The van der Waals surface area contributed by atoms with Gasteiger partial charge in [0.15, 0.2) is 0 Å². The minimum Gasteiger partial charge on any atom is -0.497 e. The van der Waals surface area contributed by atoms with Crippen molar-refractivity contribution in [2.24, 2.45) is 0 Å². The number of benzene rings is 1. The zero-order chi connectivity index (χ0) is 12.0. The van der Waals surface area contributed by atoms with Gasteiger partial charge in [-0.25, -0.2) is 0 Å². The quantitative estimate of drug-likeness (QED) is 0.829. The van der Waals surface area contributed by atoms with Gasteiger partial charge in [0.1, 0.15) is 5.75 Å². The number of thioether (sulfide) groups is 1. The summed E-state index contributed by atoms with van der Waals surface area (Å²) in [6.07, 6.45) is 0.881. The van der Waals surface area contributed by atoms with Crippen LogP contribution in [0.5, 0.6) is 5.75 Å². The van der Waals surface area contributed by atoms with Crippen molar-refractivity contribution in [3.8, 4) is 5.75 Å². The fourth-order valence-corrected chi connectivity index (χ4v) is 2.07. The summed E-state index contributed by atoms with van der Waals surface area (Å²) in [6.45, 7) is 1.71. The van der Waals surface area contributed by atoms with Gasteiger partial charge in [-0.3, -0.25) is 4.79 Å². The van der Waals surface area contributed by atoms with E-state index in [1.54, 1.807) is 14.0 Å². The van der Waals surface area contributed by atoms with Crippen molar-refractivity contribution in [2.45, 2.75) is 18.6 Å². The van der Waals surface area contributed by atoms with Gasteiger partial charge in [0.05, 0.1) is 12.4 Å². The molecule has 0 fully saturated rings. The number of aliphatic carboxylic acids is 1. The standard InChI is InChI=1S/C12H16O3S/c1-9(12(13)14)16-8-7-10-3-5-11(15-2)6-4-10/h3-6,9H,7-8H2,1-2H3,(H,13,14). The fraction of sp³-hybridized carbons (Fsp3) is 0.417. The van der Waals surface area contributed by atoms with Crippen LogP contribution in [0, 0.1) is 0 Å². The first kappa shape index (κ1) is 12.9. The number of carbonyl (C=O) groups is 1. The highest BCUT2D eigenvalue weighted by atomic mass is 32.2. The van der Waals surface area contributed by atoms with Gasteiger partial charge in [-0.05, 0) is 36.8 Å². The maximum Gasteiger partial charge on any atom is 0.316 e. The van der Waals surface area contributed by atoms with Crippen molar-refractivity contribution in [2.75, 3.05) is 12.9 Å². The van der Waals surface area contributed by atoms with Crippen LogP contribution in [0.4, 0.5) is 0 Å². The van der Waals surface area contributed by atoms with Crippen LogP contribution >= 0.6 is 11.8 Å². The van der Waals surface area contributed by atoms with Gasteiger partial charge >= 0.3 is 5.97 Å². The number of methoxy groups -OCH3 is 1. The minimum absolute atomic E-state index is 0.335. The SMILES string of the molecule is COc1ccc(CCSC(C)C(=O)O)cc1. The monoisotopic (exact) mass is 240 g/mol. The third-order valence-corrected chi connectivity index (χ3v) is 3.41. The molecule has 88 valence electrons. The molecule has 16 heavy (non-hydrogen) atoms. The van der Waals surface area contributed by atoms with Crippen molar-refractivity contribution in [1.82, 2.24) is 0 Å². The Morgan fingerprint density at radius 1 is 1.44 bits per heavy atom. The van der Waals surface area contributed by atoms with E-state index in [1.165, 1.54) is 17.3 Å². The topological polar surface area (TPSA) is 46.5 Å². The molecule has 0 amide bonds. The van der Waals surface area contributed by atoms with Crippen molar-refractivity contribution in [3.05, 3.63) is 29.8 Å². The molecule has 1 aromatic rings. The van der Waals surface area contributed by atoms with Crippen LogP contribution in [0.3, 0.4) is 0 Å². The predicted octanol–water partition coefficient (Wildman–Crippen LogP) is 2.44. The van der Waals surface area contributed by atoms with E-state index >= 15 is 0 Å². The Bertz CT molecular complexity index is 335. The van der Waals surface area contributed by atoms with Gasteiger partial charge in [-0.15, -0.1) is 11.8 Å². The van der Waals surface area contributed by atoms with Gasteiger partial charge in [-0.2, -0.15) is 0 Å². The Morgan fingerprint density at radius 2 is 2.06 bits per heavy atom. The largest absolute Gasteiger partial charge is 0.497 e. The van der Waals surface area contributed by atoms with E-state index < -0.39 is 5.97 Å². The number of hydrogen-bond acceptors (Lipinski definition) is 3. The van der Waals surface area contributed by atoms with E-state index in [0.717, 1.165) is 17.9 Å². The van der Waals surface area contributed by atoms with Crippen LogP contribution in [0.2, 0.25) is 0 Å². The van der Waals surface area contributed by atoms with E-state index in [9.17, 15) is 4.79 Å². The molecule has 4 heteroatoms. The molecule has 0 spiro atoms. The third-order valence-electron chi connectivity index (χ3n) is 2.27. The summed E-state index contributed by atoms with van der Waals surface area (Å²) in [5.41, 5.74) is 1.20. The molecule has 0 saturated heterocycles. The molecule has 3 nitrogen and oxygen atoms in total. The van der Waals surface area contributed by atoms with Crippen molar-refractivity contribution >= 4 is 17.7 Å². The lowest BCUT2D eigenvalue weighted by molar-refractivity contribution is -0.136. The van der Waals surface area contributed by atoms with E-state index in [1.807, 2.05) is 24.3 Å². The Labute approximate surface area is 99.8 Å². The van der Waals surface area contributed by atoms with Gasteiger partial charge in [0.2, 0.25) is 0 Å². The summed E-state index contributed by atoms with van der Waals surface area (Å²) in [7, 11) is 1.64. The lowest BCUT2D eigenvalue weighted by Crippen LogP contribution is -2.12. The number of rotatable bonds is 6. The smallest absolute Gasteiger partial charge is 0.316 e. The minimum atomic E-state index is -0.750. The van der Waals surface area contributed by atoms with Gasteiger partial charge in [-0.1, -0.05) is 12.1 Å². The third kappa shape index (κ3) is 4.14. The molecular weight excluding hydrogens is 224 g/mol. The van der Waals surface area contributed by atoms with Crippen molar-refractivity contribution in [3.63, 3.8) is 0 Å². The molecule has 0 saturated carbocycles. The van der Waals surface area contributed by atoms with Crippen LogP contribution in [0.15, 0.2) is 24.3 Å². The van der Waals surface area contributed by atoms with Gasteiger partial charge < -0.3 is 9.84 Å². The number of hydrogen-bond donors (Lipinski definition) is 1. The zero-order valence-electron chi connectivity index (χ0n) is 9.47. The molecule has 0 bridgehead atoms. The number of aryl methyl sites for hydroxylation is 1. The van der Waals surface area contributed by atoms with Crippen molar-refractivity contribution in [1.29, 1.82) is 0 Å². The normalized spacial score (nSPS) is 12.1. The first-order chi connectivity index (χ1) is 7.63. The molecule has 0 aliphatic carbocycles. The average Bonchev–Trinajstić information content (AvgIpc) is 2.29. The second-order valence-corrected chi connectivity index (χ2v) is 4.90. The summed E-state index contributed by atoms with van der Waals surface area (Å²) in [6, 6.07) is 7.84. The van der Waals surface area contributed by atoms with Crippen LogP contribution < -0.4 is 4.74 Å². The summed E-state index contributed by atoms with van der Waals surface area (Å²) in [5, 5.41) is 8.38. The average molecular weight is 240 g/mol. The highest BCUT2D eigenvalue weighted by Gasteiger charge is 2.10. The van der Waals surface area contributed by atoms with Crippen LogP contribution in [-0.2, 0) is 11.2 Å². The van der Waals surface area contributed by atoms with Gasteiger partial charge in [0.25, 0.3) is 0 Å². The maximum atomic E-state index is 10.6. The first-order valence-electron chi connectivity index (χ1n) is 5.11. The summed E-state index contributed by atoms with van der Waals surface area (Å²) < 4.78 is 5.06. The fourth-order valence-electron chi connectivity index (χ4n) is 1.22. The van der Waals surface area contributed by atoms with Crippen LogP contribution in [-0.4, -0.2) is 29.2 Å². The number of carboxylic acid groups (broad SMARTS) is 1. The number of carboxylic acids is 1. The molecule has 1 rings (SSSR count). The molecule has 0 aromatic heterocycles. The Morgan fingerprint density at radius 3 is 2.56 bits per heavy atom. The highest BCUT2D eigenvalue weighted by Crippen LogP contribution is 2.15. The molecule has 0 heterocycles. The van der Waals surface area contributed by atoms with Crippen LogP contribution in [0.25, 0.3) is 0 Å². The molecule has 1 unspecified atom stereocenters. The van der Waals surface area contributed by atoms with Crippen molar-refractivity contribution < 1.29 is 14.6 Å². The number of ether oxygens (including phenoxy) is 1. The first-order valence-corrected chi connectivity index (χ1v) is 6.15. The summed E-state index contributed by atoms with van der Waals surface area (Å²) in [5.74, 6) is 0.912. The lowest BCUT2D eigenvalue weighted by Gasteiger charge is -2.06. The molecule has 1 aromatic carbocycles. The van der Waals surface area contributed by atoms with Gasteiger partial charge in [0, 0.05) is 0 Å². The molecular formula is C12H16O3S. The Balaban J connectivity index is 2.34. The summed E-state index contributed by atoms with van der Waals surface area (Å²) in [4.78, 5) is 10.6. The van der Waals surface area contributed by atoms with E-state index in [2.05, 4.69) is 0 Å². The van der Waals surface area contributed by atoms with E-state index in [-0.39, 0.29) is 5.25 Å². The second-order valence-electron chi connectivity index (χ2n) is 3.45. The Hall–Kier alpha value is -1.16. The molecule has 0 radical (unpaired) electrons. The highest BCUT2D eigenvalue weighted by molar-refractivity contribution is 8.00. The molecule has 0 aliphatic rings. The molecule has 1 atom stereocenters. The summed E-state index contributed by atoms with van der Waals surface area (Å²) >= 11 is 1.46. The molecule has 1 N–H and O–H groups in total. The second kappa shape index (κ2) is 6.43. The van der Waals surface area contributed by atoms with E-state index in [0.29, 0.717) is 0 Å². The predicted molar refractivity (Wildman–Crippen MR) is 66.3 cm³/mol.